The van der Waals surface area contributed by atoms with Gasteiger partial charge in [0.2, 0.25) is 5.91 Å². The minimum Gasteiger partial charge on any atom is -0.482 e. The Morgan fingerprint density at radius 1 is 1.00 bits per heavy atom. The van der Waals surface area contributed by atoms with Crippen molar-refractivity contribution in [3.05, 3.63) is 24.5 Å². The zero-order valence-electron chi connectivity index (χ0n) is 17.2. The molecule has 1 aromatic heterocycles. The van der Waals surface area contributed by atoms with Gasteiger partial charge in [-0.05, 0) is 57.2 Å². The van der Waals surface area contributed by atoms with Crippen LogP contribution < -0.4 is 4.74 Å². The predicted molar refractivity (Wildman–Crippen MR) is 109 cm³/mol. The standard InChI is InChI=1S/C22H32N4O3/c27-21(17-29-20-6-3-9-23-15-20)24-13-7-19(8-14-24)26-12-4-5-18(16-26)22(28)25-10-1-2-11-25/h3,6,9,15,18-19H,1-2,4-5,7-8,10-14,16-17H2. The number of pyridine rings is 1. The summed E-state index contributed by atoms with van der Waals surface area (Å²) in [6.07, 6.45) is 9.68. The molecule has 2 amide bonds. The highest BCUT2D eigenvalue weighted by Crippen LogP contribution is 2.26. The smallest absolute Gasteiger partial charge is 0.260 e. The molecule has 0 aliphatic carbocycles. The van der Waals surface area contributed by atoms with Gasteiger partial charge in [-0.2, -0.15) is 0 Å². The molecule has 1 unspecified atom stereocenters. The average Bonchev–Trinajstić information content (AvgIpc) is 3.33. The number of amides is 2. The maximum atomic E-state index is 12.8. The quantitative estimate of drug-likeness (QED) is 0.754. The van der Waals surface area contributed by atoms with Gasteiger partial charge in [0.25, 0.3) is 5.91 Å². The molecule has 3 fully saturated rings. The lowest BCUT2D eigenvalue weighted by molar-refractivity contribution is -0.137. The van der Waals surface area contributed by atoms with E-state index in [0.29, 0.717) is 17.7 Å². The second kappa shape index (κ2) is 9.57. The van der Waals surface area contributed by atoms with Crippen LogP contribution in [0.5, 0.6) is 5.75 Å². The number of hydrogen-bond acceptors (Lipinski definition) is 5. The third kappa shape index (κ3) is 5.07. The number of aromatic nitrogens is 1. The molecule has 158 valence electrons. The molecule has 7 nitrogen and oxygen atoms in total. The number of rotatable bonds is 5. The Bertz CT molecular complexity index is 685. The number of carbonyl (C=O) groups excluding carboxylic acids is 2. The molecular formula is C22H32N4O3. The summed E-state index contributed by atoms with van der Waals surface area (Å²) in [6, 6.07) is 4.08. The summed E-state index contributed by atoms with van der Waals surface area (Å²) >= 11 is 0. The summed E-state index contributed by atoms with van der Waals surface area (Å²) < 4.78 is 5.55. The number of hydrogen-bond donors (Lipinski definition) is 0. The first-order valence-electron chi connectivity index (χ1n) is 11.0. The van der Waals surface area contributed by atoms with E-state index in [1.165, 1.54) is 0 Å². The Morgan fingerprint density at radius 2 is 1.79 bits per heavy atom. The van der Waals surface area contributed by atoms with Crippen molar-refractivity contribution in [2.75, 3.05) is 45.9 Å². The minimum absolute atomic E-state index is 0.0352. The van der Waals surface area contributed by atoms with Crippen molar-refractivity contribution >= 4 is 11.8 Å². The highest BCUT2D eigenvalue weighted by Gasteiger charge is 2.34. The van der Waals surface area contributed by atoms with Crippen LogP contribution in [0.25, 0.3) is 0 Å². The van der Waals surface area contributed by atoms with Crippen LogP contribution in [0.4, 0.5) is 0 Å². The largest absolute Gasteiger partial charge is 0.482 e. The summed E-state index contributed by atoms with van der Waals surface area (Å²) in [5, 5.41) is 0. The molecule has 0 bridgehead atoms. The highest BCUT2D eigenvalue weighted by molar-refractivity contribution is 5.79. The molecule has 0 aromatic carbocycles. The maximum absolute atomic E-state index is 12.8. The fraction of sp³-hybridized carbons (Fsp3) is 0.682. The van der Waals surface area contributed by atoms with Crippen molar-refractivity contribution in [1.82, 2.24) is 19.7 Å². The molecular weight excluding hydrogens is 368 g/mol. The predicted octanol–water partition coefficient (Wildman–Crippen LogP) is 1.79. The van der Waals surface area contributed by atoms with Crippen LogP contribution in [0, 0.1) is 5.92 Å². The fourth-order valence-corrected chi connectivity index (χ4v) is 4.88. The Morgan fingerprint density at radius 3 is 2.52 bits per heavy atom. The minimum atomic E-state index is 0.0352. The average molecular weight is 401 g/mol. The molecule has 3 aliphatic heterocycles. The van der Waals surface area contributed by atoms with Gasteiger partial charge in [0.05, 0.1) is 12.1 Å². The first-order chi connectivity index (χ1) is 14.2. The summed E-state index contributed by atoms with van der Waals surface area (Å²) in [4.78, 5) is 35.7. The molecule has 3 saturated heterocycles. The van der Waals surface area contributed by atoms with E-state index >= 15 is 0 Å². The molecule has 0 saturated carbocycles. The van der Waals surface area contributed by atoms with Crippen molar-refractivity contribution in [1.29, 1.82) is 0 Å². The van der Waals surface area contributed by atoms with Crippen LogP contribution in [-0.4, -0.2) is 83.4 Å². The fourth-order valence-electron chi connectivity index (χ4n) is 4.88. The van der Waals surface area contributed by atoms with E-state index in [-0.39, 0.29) is 18.4 Å². The Kier molecular flexibility index (Phi) is 6.64. The lowest BCUT2D eigenvalue weighted by atomic mass is 9.93. The maximum Gasteiger partial charge on any atom is 0.260 e. The lowest BCUT2D eigenvalue weighted by Crippen LogP contribution is -2.52. The van der Waals surface area contributed by atoms with Crippen molar-refractivity contribution in [3.8, 4) is 5.75 Å². The topological polar surface area (TPSA) is 66.0 Å². The first kappa shape index (κ1) is 20.1. The van der Waals surface area contributed by atoms with Crippen molar-refractivity contribution in [2.24, 2.45) is 5.92 Å². The number of nitrogens with zero attached hydrogens (tertiary/aromatic N) is 4. The molecule has 0 N–H and O–H groups in total. The van der Waals surface area contributed by atoms with E-state index in [9.17, 15) is 9.59 Å². The Labute approximate surface area is 173 Å². The number of piperidine rings is 2. The zero-order valence-corrected chi connectivity index (χ0v) is 17.2. The lowest BCUT2D eigenvalue weighted by Gasteiger charge is -2.42. The Hall–Kier alpha value is -2.15. The molecule has 7 heteroatoms. The van der Waals surface area contributed by atoms with E-state index < -0.39 is 0 Å². The van der Waals surface area contributed by atoms with E-state index in [1.807, 2.05) is 11.0 Å². The molecule has 0 radical (unpaired) electrons. The van der Waals surface area contributed by atoms with Gasteiger partial charge in [0.1, 0.15) is 5.75 Å². The molecule has 1 atom stereocenters. The monoisotopic (exact) mass is 400 g/mol. The van der Waals surface area contributed by atoms with Gasteiger partial charge >= 0.3 is 0 Å². The van der Waals surface area contributed by atoms with Crippen LogP contribution in [0.3, 0.4) is 0 Å². The van der Waals surface area contributed by atoms with E-state index in [1.54, 1.807) is 18.5 Å². The molecule has 29 heavy (non-hydrogen) atoms. The first-order valence-corrected chi connectivity index (χ1v) is 11.0. The van der Waals surface area contributed by atoms with E-state index in [0.717, 1.165) is 77.8 Å². The normalized spacial score (nSPS) is 23.9. The van der Waals surface area contributed by atoms with Gasteiger partial charge < -0.3 is 14.5 Å². The summed E-state index contributed by atoms with van der Waals surface area (Å²) in [5.41, 5.74) is 0. The van der Waals surface area contributed by atoms with Crippen molar-refractivity contribution in [3.63, 3.8) is 0 Å². The Balaban J connectivity index is 1.22. The van der Waals surface area contributed by atoms with Gasteiger partial charge in [-0.25, -0.2) is 0 Å². The number of likely N-dealkylation sites (tertiary alicyclic amines) is 3. The molecule has 4 heterocycles. The zero-order chi connectivity index (χ0) is 20.1. The second-order valence-corrected chi connectivity index (χ2v) is 8.46. The summed E-state index contributed by atoms with van der Waals surface area (Å²) in [7, 11) is 0. The van der Waals surface area contributed by atoms with Gasteiger partial charge in [0.15, 0.2) is 6.61 Å². The van der Waals surface area contributed by atoms with Crippen molar-refractivity contribution in [2.45, 2.75) is 44.6 Å². The van der Waals surface area contributed by atoms with Gasteiger partial charge in [-0.1, -0.05) is 0 Å². The third-order valence-corrected chi connectivity index (χ3v) is 6.55. The molecule has 1 aromatic rings. The van der Waals surface area contributed by atoms with Crippen molar-refractivity contribution < 1.29 is 14.3 Å². The van der Waals surface area contributed by atoms with Gasteiger partial charge in [-0.15, -0.1) is 0 Å². The van der Waals surface area contributed by atoms with E-state index in [2.05, 4.69) is 14.8 Å². The van der Waals surface area contributed by atoms with Crippen LogP contribution >= 0.6 is 0 Å². The van der Waals surface area contributed by atoms with E-state index in [4.69, 9.17) is 4.74 Å². The SMILES string of the molecule is O=C(COc1cccnc1)N1CCC(N2CCCC(C(=O)N3CCCC3)C2)CC1. The highest BCUT2D eigenvalue weighted by atomic mass is 16.5. The van der Waals surface area contributed by atoms with Crippen LogP contribution in [0.15, 0.2) is 24.5 Å². The second-order valence-electron chi connectivity index (χ2n) is 8.46. The summed E-state index contributed by atoms with van der Waals surface area (Å²) in [6.45, 7) is 5.44. The molecule has 3 aliphatic rings. The van der Waals surface area contributed by atoms with Crippen LogP contribution in [-0.2, 0) is 9.59 Å². The van der Waals surface area contributed by atoms with Crippen LogP contribution in [0.2, 0.25) is 0 Å². The third-order valence-electron chi connectivity index (χ3n) is 6.55. The van der Waals surface area contributed by atoms with Crippen LogP contribution in [0.1, 0.15) is 38.5 Å². The number of ether oxygens (including phenoxy) is 1. The number of carbonyl (C=O) groups is 2. The summed E-state index contributed by atoms with van der Waals surface area (Å²) in [5.74, 6) is 1.19. The molecule has 0 spiro atoms. The van der Waals surface area contributed by atoms with Gasteiger partial charge in [0, 0.05) is 45.0 Å². The van der Waals surface area contributed by atoms with Gasteiger partial charge in [-0.3, -0.25) is 19.5 Å². The molecule has 4 rings (SSSR count).